The van der Waals surface area contributed by atoms with E-state index in [0.29, 0.717) is 28.7 Å². The molecule has 0 saturated heterocycles. The van der Waals surface area contributed by atoms with Gasteiger partial charge in [-0.1, -0.05) is 27.7 Å². The third-order valence-electron chi connectivity index (χ3n) is 5.22. The normalized spacial score (nSPS) is 28.6. The van der Waals surface area contributed by atoms with Crippen LogP contribution in [0.1, 0.15) is 47.0 Å². The zero-order chi connectivity index (χ0) is 12.0. The smallest absolute Gasteiger partial charge is 0.188 e. The third-order valence-corrected chi connectivity index (χ3v) is 5.22. The lowest BCUT2D eigenvalue weighted by Gasteiger charge is -2.26. The molecule has 16 heavy (non-hydrogen) atoms. The van der Waals surface area contributed by atoms with Gasteiger partial charge in [0, 0.05) is 12.6 Å². The van der Waals surface area contributed by atoms with Crippen LogP contribution >= 0.6 is 0 Å². The molecule has 0 amide bonds. The van der Waals surface area contributed by atoms with E-state index in [9.17, 15) is 0 Å². The van der Waals surface area contributed by atoms with Crippen molar-refractivity contribution >= 4 is 5.96 Å². The molecule has 3 heteroatoms. The summed E-state index contributed by atoms with van der Waals surface area (Å²) in [6.07, 6.45) is 3.82. The third kappa shape index (κ3) is 1.80. The molecule has 0 unspecified atom stereocenters. The second-order valence-corrected chi connectivity index (χ2v) is 6.49. The topological polar surface area (TPSA) is 50.4 Å². The van der Waals surface area contributed by atoms with Crippen LogP contribution in [0.25, 0.3) is 0 Å². The number of hydrogen-bond donors (Lipinski definition) is 2. The van der Waals surface area contributed by atoms with Gasteiger partial charge in [0.15, 0.2) is 5.96 Å². The molecule has 0 aliphatic heterocycles. The number of aliphatic imine (C=N–C) groups is 1. The summed E-state index contributed by atoms with van der Waals surface area (Å²) < 4.78 is 0. The molecule has 0 heterocycles. The number of nitrogens with one attached hydrogen (secondary N) is 1. The minimum Gasteiger partial charge on any atom is -0.370 e. The average molecular weight is 223 g/mol. The second-order valence-electron chi connectivity index (χ2n) is 6.49. The van der Waals surface area contributed by atoms with Crippen LogP contribution in [0, 0.1) is 16.7 Å². The summed E-state index contributed by atoms with van der Waals surface area (Å²) in [4.78, 5) is 4.48. The van der Waals surface area contributed by atoms with Crippen molar-refractivity contribution in [3.8, 4) is 0 Å². The van der Waals surface area contributed by atoms with Gasteiger partial charge in [0.25, 0.3) is 0 Å². The maximum Gasteiger partial charge on any atom is 0.188 e. The lowest BCUT2D eigenvalue weighted by Crippen LogP contribution is -2.43. The number of guanidine groups is 1. The van der Waals surface area contributed by atoms with Crippen LogP contribution in [0.4, 0.5) is 0 Å². The Morgan fingerprint density at radius 1 is 1.25 bits per heavy atom. The van der Waals surface area contributed by atoms with E-state index in [1.54, 1.807) is 0 Å². The fourth-order valence-corrected chi connectivity index (χ4v) is 2.79. The molecule has 92 valence electrons. The van der Waals surface area contributed by atoms with Gasteiger partial charge in [-0.3, -0.25) is 4.99 Å². The first-order valence-electron chi connectivity index (χ1n) is 6.42. The molecule has 3 N–H and O–H groups in total. The Balaban J connectivity index is 1.80. The maximum atomic E-state index is 5.88. The summed E-state index contributed by atoms with van der Waals surface area (Å²) in [5.41, 5.74) is 6.70. The SMILES string of the molecule is CC1(C)C(CN=C(N)NC2CCC2)C1(C)C. The van der Waals surface area contributed by atoms with Gasteiger partial charge >= 0.3 is 0 Å². The van der Waals surface area contributed by atoms with E-state index >= 15 is 0 Å². The van der Waals surface area contributed by atoms with Crippen LogP contribution < -0.4 is 11.1 Å². The summed E-state index contributed by atoms with van der Waals surface area (Å²) in [5, 5.41) is 3.28. The number of hydrogen-bond acceptors (Lipinski definition) is 1. The Labute approximate surface area is 98.9 Å². The van der Waals surface area contributed by atoms with Crippen molar-refractivity contribution in [2.45, 2.75) is 53.0 Å². The molecule has 2 aliphatic carbocycles. The molecule has 2 aliphatic rings. The number of nitrogens with zero attached hydrogens (tertiary/aromatic N) is 1. The highest BCUT2D eigenvalue weighted by molar-refractivity contribution is 5.78. The molecular weight excluding hydrogens is 198 g/mol. The van der Waals surface area contributed by atoms with Gasteiger partial charge in [-0.15, -0.1) is 0 Å². The van der Waals surface area contributed by atoms with Crippen molar-refractivity contribution in [3.63, 3.8) is 0 Å². The molecule has 3 nitrogen and oxygen atoms in total. The van der Waals surface area contributed by atoms with E-state index < -0.39 is 0 Å². The molecule has 0 radical (unpaired) electrons. The highest BCUT2D eigenvalue weighted by Crippen LogP contribution is 2.68. The lowest BCUT2D eigenvalue weighted by molar-refractivity contribution is 0.382. The van der Waals surface area contributed by atoms with E-state index in [1.165, 1.54) is 19.3 Å². The monoisotopic (exact) mass is 223 g/mol. The van der Waals surface area contributed by atoms with E-state index in [2.05, 4.69) is 38.0 Å². The minimum absolute atomic E-state index is 0.410. The molecule has 2 saturated carbocycles. The van der Waals surface area contributed by atoms with Gasteiger partial charge in [0.05, 0.1) is 0 Å². The molecule has 0 spiro atoms. The van der Waals surface area contributed by atoms with Crippen LogP contribution in [0.3, 0.4) is 0 Å². The fourth-order valence-electron chi connectivity index (χ4n) is 2.79. The van der Waals surface area contributed by atoms with Crippen molar-refractivity contribution in [3.05, 3.63) is 0 Å². The van der Waals surface area contributed by atoms with Gasteiger partial charge in [-0.2, -0.15) is 0 Å². The Kier molecular flexibility index (Phi) is 2.67. The molecular formula is C13H25N3. The first kappa shape index (κ1) is 11.7. The van der Waals surface area contributed by atoms with Crippen molar-refractivity contribution in [1.82, 2.24) is 5.32 Å². The van der Waals surface area contributed by atoms with E-state index in [0.717, 1.165) is 6.54 Å². The molecule has 0 aromatic heterocycles. The first-order chi connectivity index (χ1) is 7.35. The van der Waals surface area contributed by atoms with Crippen LogP contribution in [0.2, 0.25) is 0 Å². The zero-order valence-electron chi connectivity index (χ0n) is 11.0. The standard InChI is InChI=1S/C13H25N3/c1-12(2)10(13(12,3)4)8-15-11(14)16-9-6-5-7-9/h9-10H,5-8H2,1-4H3,(H3,14,15,16). The van der Waals surface area contributed by atoms with Crippen LogP contribution in [-0.2, 0) is 0 Å². The van der Waals surface area contributed by atoms with Gasteiger partial charge in [0.1, 0.15) is 0 Å². The minimum atomic E-state index is 0.410. The van der Waals surface area contributed by atoms with Crippen LogP contribution in [-0.4, -0.2) is 18.5 Å². The summed E-state index contributed by atoms with van der Waals surface area (Å²) in [6, 6.07) is 0.587. The highest BCUT2D eigenvalue weighted by Gasteiger charge is 2.64. The van der Waals surface area contributed by atoms with E-state index in [4.69, 9.17) is 5.73 Å². The largest absolute Gasteiger partial charge is 0.370 e. The van der Waals surface area contributed by atoms with Crippen molar-refractivity contribution < 1.29 is 0 Å². The maximum absolute atomic E-state index is 5.88. The number of rotatable bonds is 3. The van der Waals surface area contributed by atoms with Gasteiger partial charge < -0.3 is 11.1 Å². The average Bonchev–Trinajstić information content (AvgIpc) is 2.48. The second kappa shape index (κ2) is 3.64. The molecule has 0 aromatic carbocycles. The summed E-state index contributed by atoms with van der Waals surface area (Å²) in [6.45, 7) is 10.2. The fraction of sp³-hybridized carbons (Fsp3) is 0.923. The van der Waals surface area contributed by atoms with Gasteiger partial charge in [-0.25, -0.2) is 0 Å². The van der Waals surface area contributed by atoms with Gasteiger partial charge in [0.2, 0.25) is 0 Å². The Morgan fingerprint density at radius 2 is 1.81 bits per heavy atom. The van der Waals surface area contributed by atoms with Crippen molar-refractivity contribution in [2.75, 3.05) is 6.54 Å². The molecule has 0 aromatic rings. The van der Waals surface area contributed by atoms with E-state index in [-0.39, 0.29) is 0 Å². The first-order valence-corrected chi connectivity index (χ1v) is 6.42. The number of nitrogens with two attached hydrogens (primary N) is 1. The summed E-state index contributed by atoms with van der Waals surface area (Å²) in [5.74, 6) is 1.31. The molecule has 0 bridgehead atoms. The Hall–Kier alpha value is -0.730. The molecule has 2 rings (SSSR count). The summed E-state index contributed by atoms with van der Waals surface area (Å²) >= 11 is 0. The lowest BCUT2D eigenvalue weighted by atomic mass is 9.93. The van der Waals surface area contributed by atoms with Gasteiger partial charge in [-0.05, 0) is 36.0 Å². The van der Waals surface area contributed by atoms with Crippen LogP contribution in [0.15, 0.2) is 4.99 Å². The van der Waals surface area contributed by atoms with E-state index in [1.807, 2.05) is 0 Å². The highest BCUT2D eigenvalue weighted by atomic mass is 15.1. The van der Waals surface area contributed by atoms with Crippen molar-refractivity contribution in [1.29, 1.82) is 0 Å². The molecule has 0 atom stereocenters. The van der Waals surface area contributed by atoms with Crippen LogP contribution in [0.5, 0.6) is 0 Å². The Morgan fingerprint density at radius 3 is 2.19 bits per heavy atom. The predicted octanol–water partition coefficient (Wildman–Crippen LogP) is 2.13. The Bertz CT molecular complexity index is 286. The predicted molar refractivity (Wildman–Crippen MR) is 68.3 cm³/mol. The summed E-state index contributed by atoms with van der Waals surface area (Å²) in [7, 11) is 0. The molecule has 2 fully saturated rings. The quantitative estimate of drug-likeness (QED) is 0.569. The zero-order valence-corrected chi connectivity index (χ0v) is 11.0. The van der Waals surface area contributed by atoms with Crippen molar-refractivity contribution in [2.24, 2.45) is 27.5 Å².